The first kappa shape index (κ1) is 20.0. The van der Waals surface area contributed by atoms with Crippen molar-refractivity contribution >= 4 is 33.3 Å². The Morgan fingerprint density at radius 2 is 1.72 bits per heavy atom. The average molecular weight is 440 g/mol. The molecule has 0 aliphatic carbocycles. The number of aromatic amines is 1. The van der Waals surface area contributed by atoms with Crippen LogP contribution in [-0.2, 0) is 0 Å². The van der Waals surface area contributed by atoms with Gasteiger partial charge in [-0.25, -0.2) is 4.98 Å². The highest BCUT2D eigenvalue weighted by atomic mass is 32.1. The number of amides is 1. The van der Waals surface area contributed by atoms with E-state index >= 15 is 0 Å². The molecule has 0 spiro atoms. The summed E-state index contributed by atoms with van der Waals surface area (Å²) in [4.78, 5) is 21.3. The molecule has 0 aliphatic rings. The first-order chi connectivity index (χ1) is 15.7. The van der Waals surface area contributed by atoms with Crippen LogP contribution in [0.15, 0.2) is 79.0 Å². The number of methoxy groups -OCH3 is 1. The highest BCUT2D eigenvalue weighted by molar-refractivity contribution is 7.21. The minimum Gasteiger partial charge on any atom is -0.496 e. The molecule has 1 amide bonds. The Hall–Kier alpha value is -3.90. The molecular formula is C26H21N3O2S. The molecule has 0 aliphatic heterocycles. The minimum atomic E-state index is -0.247. The number of thiazole rings is 1. The molecule has 2 aromatic heterocycles. The summed E-state index contributed by atoms with van der Waals surface area (Å²) < 4.78 is 6.47. The van der Waals surface area contributed by atoms with Gasteiger partial charge in [-0.1, -0.05) is 48.5 Å². The van der Waals surface area contributed by atoms with Crippen molar-refractivity contribution in [3.8, 4) is 27.4 Å². The molecule has 5 nitrogen and oxygen atoms in total. The third kappa shape index (κ3) is 3.55. The van der Waals surface area contributed by atoms with Gasteiger partial charge in [-0.05, 0) is 42.3 Å². The number of carbonyl (C=O) groups is 1. The van der Waals surface area contributed by atoms with Gasteiger partial charge in [0.25, 0.3) is 5.91 Å². The van der Waals surface area contributed by atoms with Crippen LogP contribution in [0.5, 0.6) is 5.75 Å². The van der Waals surface area contributed by atoms with Crippen LogP contribution in [0.2, 0.25) is 0 Å². The predicted molar refractivity (Wildman–Crippen MR) is 131 cm³/mol. The van der Waals surface area contributed by atoms with Crippen molar-refractivity contribution in [3.05, 3.63) is 90.1 Å². The lowest BCUT2D eigenvalue weighted by Crippen LogP contribution is -2.14. The van der Waals surface area contributed by atoms with E-state index in [1.807, 2.05) is 48.7 Å². The van der Waals surface area contributed by atoms with Gasteiger partial charge >= 0.3 is 0 Å². The Morgan fingerprint density at radius 1 is 0.969 bits per heavy atom. The van der Waals surface area contributed by atoms with Crippen molar-refractivity contribution in [2.45, 2.75) is 6.92 Å². The first-order valence-corrected chi connectivity index (χ1v) is 11.0. The molecule has 0 unspecified atom stereocenters. The summed E-state index contributed by atoms with van der Waals surface area (Å²) in [5.74, 6) is 0.887. The maximum absolute atomic E-state index is 13.1. The molecule has 0 saturated carbocycles. The minimum absolute atomic E-state index is 0.247. The van der Waals surface area contributed by atoms with Crippen LogP contribution in [0.3, 0.4) is 0 Å². The van der Waals surface area contributed by atoms with Crippen LogP contribution < -0.4 is 10.1 Å². The van der Waals surface area contributed by atoms with Gasteiger partial charge in [0.15, 0.2) is 0 Å². The number of nitrogens with one attached hydrogen (secondary N) is 2. The topological polar surface area (TPSA) is 67.0 Å². The number of hydrogen-bond acceptors (Lipinski definition) is 4. The number of H-pyrrole nitrogens is 1. The summed E-state index contributed by atoms with van der Waals surface area (Å²) in [6, 6.07) is 23.4. The standard InChI is InChI=1S/C26H21N3O2S/c1-16-9-3-4-10-17(16)19-15-27-24(29-25(30)18-11-5-7-13-21(18)31-2)23(19)26-28-20-12-6-8-14-22(20)32-26/h3-15,27H,1-2H3,(H,29,30). The van der Waals surface area contributed by atoms with Gasteiger partial charge in [0.1, 0.15) is 16.6 Å². The highest BCUT2D eigenvalue weighted by Gasteiger charge is 2.22. The first-order valence-electron chi connectivity index (χ1n) is 10.2. The zero-order valence-electron chi connectivity index (χ0n) is 17.7. The number of rotatable bonds is 5. The zero-order valence-corrected chi connectivity index (χ0v) is 18.5. The van der Waals surface area contributed by atoms with Gasteiger partial charge < -0.3 is 15.0 Å². The predicted octanol–water partition coefficient (Wildman–Crippen LogP) is 6.53. The molecule has 3 aromatic carbocycles. The smallest absolute Gasteiger partial charge is 0.260 e. The van der Waals surface area contributed by atoms with Crippen molar-refractivity contribution < 1.29 is 9.53 Å². The molecule has 158 valence electrons. The third-order valence-corrected chi connectivity index (χ3v) is 6.47. The Labute approximate surface area is 189 Å². The lowest BCUT2D eigenvalue weighted by atomic mass is 9.99. The van der Waals surface area contributed by atoms with Crippen molar-refractivity contribution in [2.24, 2.45) is 0 Å². The number of nitrogens with zero attached hydrogens (tertiary/aromatic N) is 1. The summed E-state index contributed by atoms with van der Waals surface area (Å²) in [6.07, 6.45) is 1.93. The highest BCUT2D eigenvalue weighted by Crippen LogP contribution is 2.42. The molecule has 32 heavy (non-hydrogen) atoms. The van der Waals surface area contributed by atoms with Gasteiger partial charge in [-0.2, -0.15) is 0 Å². The molecule has 0 fully saturated rings. The van der Waals surface area contributed by atoms with Crippen molar-refractivity contribution in [1.82, 2.24) is 9.97 Å². The van der Waals surface area contributed by atoms with Crippen LogP contribution >= 0.6 is 11.3 Å². The molecule has 5 rings (SSSR count). The zero-order chi connectivity index (χ0) is 22.1. The van der Waals surface area contributed by atoms with E-state index in [0.29, 0.717) is 17.1 Å². The van der Waals surface area contributed by atoms with E-state index in [1.54, 1.807) is 30.6 Å². The van der Waals surface area contributed by atoms with Gasteiger partial charge in [0, 0.05) is 11.8 Å². The number of anilines is 1. The number of carbonyl (C=O) groups excluding carboxylic acids is 1. The summed E-state index contributed by atoms with van der Waals surface area (Å²) in [5.41, 5.74) is 5.53. The molecule has 0 atom stereocenters. The summed E-state index contributed by atoms with van der Waals surface area (Å²) in [5, 5.41) is 3.89. The fraction of sp³-hybridized carbons (Fsp3) is 0.0769. The van der Waals surface area contributed by atoms with Gasteiger partial charge in [0.2, 0.25) is 0 Å². The molecule has 5 aromatic rings. The maximum atomic E-state index is 13.1. The van der Waals surface area contributed by atoms with E-state index < -0.39 is 0 Å². The number of aryl methyl sites for hydroxylation is 1. The van der Waals surface area contributed by atoms with Crippen molar-refractivity contribution in [1.29, 1.82) is 0 Å². The van der Waals surface area contributed by atoms with Crippen LogP contribution in [0.4, 0.5) is 5.82 Å². The molecule has 6 heteroatoms. The lowest BCUT2D eigenvalue weighted by molar-refractivity contribution is 0.102. The van der Waals surface area contributed by atoms with E-state index in [-0.39, 0.29) is 5.91 Å². The number of ether oxygens (including phenoxy) is 1. The fourth-order valence-corrected chi connectivity index (χ4v) is 4.86. The maximum Gasteiger partial charge on any atom is 0.260 e. The van der Waals surface area contributed by atoms with Crippen molar-refractivity contribution in [2.75, 3.05) is 12.4 Å². The van der Waals surface area contributed by atoms with Crippen LogP contribution in [0, 0.1) is 6.92 Å². The monoisotopic (exact) mass is 439 g/mol. The normalized spacial score (nSPS) is 10.9. The number of para-hydroxylation sites is 2. The third-order valence-electron chi connectivity index (χ3n) is 5.41. The molecule has 0 radical (unpaired) electrons. The van der Waals surface area contributed by atoms with Crippen LogP contribution in [0.1, 0.15) is 15.9 Å². The summed E-state index contributed by atoms with van der Waals surface area (Å²) >= 11 is 1.61. The Kier molecular flexibility index (Phi) is 5.21. The lowest BCUT2D eigenvalue weighted by Gasteiger charge is -2.10. The largest absolute Gasteiger partial charge is 0.496 e. The summed E-state index contributed by atoms with van der Waals surface area (Å²) in [6.45, 7) is 2.08. The molecule has 2 N–H and O–H groups in total. The quantitative estimate of drug-likeness (QED) is 0.327. The molecular weight excluding hydrogens is 418 g/mol. The second-order valence-corrected chi connectivity index (χ2v) is 8.44. The Bertz CT molecular complexity index is 1400. The van der Waals surface area contributed by atoms with Gasteiger partial charge in [-0.15, -0.1) is 11.3 Å². The Balaban J connectivity index is 1.65. The van der Waals surface area contributed by atoms with Gasteiger partial charge in [0.05, 0.1) is 28.5 Å². The molecule has 0 bridgehead atoms. The van der Waals surface area contributed by atoms with E-state index in [2.05, 4.69) is 35.4 Å². The van der Waals surface area contributed by atoms with Gasteiger partial charge in [-0.3, -0.25) is 4.79 Å². The van der Waals surface area contributed by atoms with E-state index in [4.69, 9.17) is 9.72 Å². The number of aromatic nitrogens is 2. The Morgan fingerprint density at radius 3 is 2.53 bits per heavy atom. The van der Waals surface area contributed by atoms with E-state index in [9.17, 15) is 4.79 Å². The second kappa shape index (κ2) is 8.32. The SMILES string of the molecule is COc1ccccc1C(=O)Nc1[nH]cc(-c2ccccc2C)c1-c1nc2ccccc2s1. The average Bonchev–Trinajstić information content (AvgIpc) is 3.43. The van der Waals surface area contributed by atoms with E-state index in [0.717, 1.165) is 37.5 Å². The summed E-state index contributed by atoms with van der Waals surface area (Å²) in [7, 11) is 1.56. The number of hydrogen-bond donors (Lipinski definition) is 2. The number of benzene rings is 3. The fourth-order valence-electron chi connectivity index (χ4n) is 3.82. The van der Waals surface area contributed by atoms with Crippen LogP contribution in [-0.4, -0.2) is 23.0 Å². The van der Waals surface area contributed by atoms with E-state index in [1.165, 1.54) is 0 Å². The second-order valence-electron chi connectivity index (χ2n) is 7.41. The van der Waals surface area contributed by atoms with Crippen LogP contribution in [0.25, 0.3) is 31.9 Å². The number of fused-ring (bicyclic) bond motifs is 1. The van der Waals surface area contributed by atoms with Crippen molar-refractivity contribution in [3.63, 3.8) is 0 Å². The molecule has 0 saturated heterocycles. The molecule has 2 heterocycles.